The average molecular weight is 471 g/mol. The van der Waals surface area contributed by atoms with Crippen LogP contribution in [0.25, 0.3) is 10.9 Å². The predicted octanol–water partition coefficient (Wildman–Crippen LogP) is 2.73. The Morgan fingerprint density at radius 2 is 1.88 bits per heavy atom. The molecule has 0 aliphatic carbocycles. The molecule has 2 rings (SSSR count). The average Bonchev–Trinajstić information content (AvgIpc) is 3.04. The van der Waals surface area contributed by atoms with E-state index < -0.39 is 0 Å². The van der Waals surface area contributed by atoms with Crippen LogP contribution in [-0.4, -0.2) is 42.6 Å². The van der Waals surface area contributed by atoms with Gasteiger partial charge in [0, 0.05) is 37.9 Å². The molecule has 1 heterocycles. The quantitative estimate of drug-likeness (QED) is 0.228. The Balaban J connectivity index is 0.00000338. The number of para-hydroxylation sites is 1. The zero-order valence-corrected chi connectivity index (χ0v) is 18.0. The third-order valence-electron chi connectivity index (χ3n) is 3.85. The Hall–Kier alpha value is -1.77. The van der Waals surface area contributed by atoms with E-state index in [2.05, 4.69) is 62.0 Å². The minimum Gasteiger partial charge on any atom is -0.357 e. The molecule has 2 aromatic rings. The summed E-state index contributed by atoms with van der Waals surface area (Å²) in [7, 11) is 0. The maximum Gasteiger partial charge on any atom is 0.241 e. The van der Waals surface area contributed by atoms with Crippen molar-refractivity contribution in [1.29, 1.82) is 0 Å². The van der Waals surface area contributed by atoms with Crippen LogP contribution in [0.5, 0.6) is 0 Å². The molecule has 3 N–H and O–H groups in total. The zero-order valence-electron chi connectivity index (χ0n) is 15.6. The fourth-order valence-electron chi connectivity index (χ4n) is 2.60. The first kappa shape index (κ1) is 22.3. The number of halogens is 1. The number of hydrogen-bond donors (Lipinski definition) is 3. The van der Waals surface area contributed by atoms with Gasteiger partial charge in [0.25, 0.3) is 0 Å². The van der Waals surface area contributed by atoms with Crippen molar-refractivity contribution in [3.63, 3.8) is 0 Å². The number of carbonyl (C=O) groups excluding carboxylic acids is 1. The standard InChI is InChI=1S/C19H29N5O.HI/c1-3-11-21-18(25)15-23-19(20-4-2)22-12-7-13-24-14-10-16-8-5-6-9-17(16)24;/h5-6,8-10,14H,3-4,7,11-13,15H2,1-2H3,(H,21,25)(H2,20,22,23);1H. The number of carbonyl (C=O) groups is 1. The van der Waals surface area contributed by atoms with Gasteiger partial charge in [0.2, 0.25) is 5.91 Å². The van der Waals surface area contributed by atoms with Crippen molar-refractivity contribution in [2.75, 3.05) is 26.2 Å². The van der Waals surface area contributed by atoms with Crippen LogP contribution < -0.4 is 16.0 Å². The van der Waals surface area contributed by atoms with E-state index in [-0.39, 0.29) is 36.4 Å². The topological polar surface area (TPSA) is 70.4 Å². The van der Waals surface area contributed by atoms with Crippen LogP contribution >= 0.6 is 24.0 Å². The number of aryl methyl sites for hydroxylation is 1. The van der Waals surface area contributed by atoms with Crippen LogP contribution in [-0.2, 0) is 11.3 Å². The minimum atomic E-state index is -0.0436. The van der Waals surface area contributed by atoms with Crippen LogP contribution in [0.2, 0.25) is 0 Å². The Kier molecular flexibility index (Phi) is 10.8. The van der Waals surface area contributed by atoms with Gasteiger partial charge in [-0.1, -0.05) is 25.1 Å². The van der Waals surface area contributed by atoms with Gasteiger partial charge in [0.05, 0.1) is 0 Å². The zero-order chi connectivity index (χ0) is 17.9. The van der Waals surface area contributed by atoms with E-state index in [0.29, 0.717) is 12.5 Å². The molecule has 1 aromatic carbocycles. The van der Waals surface area contributed by atoms with E-state index >= 15 is 0 Å². The number of fused-ring (bicyclic) bond motifs is 1. The fourth-order valence-corrected chi connectivity index (χ4v) is 2.60. The molecule has 0 aliphatic heterocycles. The maximum absolute atomic E-state index is 11.6. The molecule has 1 amide bonds. The number of nitrogens with zero attached hydrogens (tertiary/aromatic N) is 2. The molecule has 0 saturated heterocycles. The first-order chi connectivity index (χ1) is 12.2. The second kappa shape index (κ2) is 12.6. The number of aromatic nitrogens is 1. The van der Waals surface area contributed by atoms with Gasteiger partial charge in [-0.2, -0.15) is 0 Å². The van der Waals surface area contributed by atoms with Gasteiger partial charge >= 0.3 is 0 Å². The summed E-state index contributed by atoms with van der Waals surface area (Å²) in [5.41, 5.74) is 1.26. The molecule has 7 heteroatoms. The Morgan fingerprint density at radius 1 is 1.08 bits per heavy atom. The molecular formula is C19H30IN5O. The van der Waals surface area contributed by atoms with Gasteiger partial charge in [-0.3, -0.25) is 4.79 Å². The number of guanidine groups is 1. The van der Waals surface area contributed by atoms with Gasteiger partial charge in [-0.25, -0.2) is 4.99 Å². The van der Waals surface area contributed by atoms with Crippen LogP contribution in [0.15, 0.2) is 41.5 Å². The van der Waals surface area contributed by atoms with Crippen molar-refractivity contribution in [3.05, 3.63) is 36.5 Å². The summed E-state index contributed by atoms with van der Waals surface area (Å²) in [6.07, 6.45) is 4.04. The normalized spacial score (nSPS) is 11.1. The highest BCUT2D eigenvalue weighted by atomic mass is 127. The molecule has 0 fully saturated rings. The summed E-state index contributed by atoms with van der Waals surface area (Å²) in [4.78, 5) is 16.0. The van der Waals surface area contributed by atoms with E-state index in [1.54, 1.807) is 0 Å². The van der Waals surface area contributed by atoms with E-state index in [0.717, 1.165) is 32.5 Å². The number of benzene rings is 1. The Bertz CT molecular complexity index is 698. The second-order valence-corrected chi connectivity index (χ2v) is 5.89. The number of hydrogen-bond acceptors (Lipinski definition) is 2. The van der Waals surface area contributed by atoms with Crippen LogP contribution in [0.4, 0.5) is 0 Å². The second-order valence-electron chi connectivity index (χ2n) is 5.89. The fraction of sp³-hybridized carbons (Fsp3) is 0.474. The van der Waals surface area contributed by atoms with Crippen LogP contribution in [0.1, 0.15) is 26.7 Å². The molecule has 144 valence electrons. The van der Waals surface area contributed by atoms with Crippen LogP contribution in [0.3, 0.4) is 0 Å². The van der Waals surface area contributed by atoms with E-state index in [9.17, 15) is 4.79 Å². The molecular weight excluding hydrogens is 441 g/mol. The van der Waals surface area contributed by atoms with Crippen molar-refractivity contribution in [2.45, 2.75) is 33.2 Å². The maximum atomic E-state index is 11.6. The smallest absolute Gasteiger partial charge is 0.241 e. The molecule has 6 nitrogen and oxygen atoms in total. The summed E-state index contributed by atoms with van der Waals surface area (Å²) < 4.78 is 2.26. The molecule has 0 atom stereocenters. The number of aliphatic imine (C=N–C) groups is 1. The van der Waals surface area contributed by atoms with E-state index in [1.165, 1.54) is 10.9 Å². The first-order valence-corrected chi connectivity index (χ1v) is 9.07. The molecule has 0 spiro atoms. The van der Waals surface area contributed by atoms with Gasteiger partial charge in [-0.05, 0) is 37.3 Å². The Morgan fingerprint density at radius 3 is 2.65 bits per heavy atom. The number of rotatable bonds is 9. The molecule has 0 bridgehead atoms. The van der Waals surface area contributed by atoms with Crippen molar-refractivity contribution in [2.24, 2.45) is 4.99 Å². The minimum absolute atomic E-state index is 0. The molecule has 1 aromatic heterocycles. The summed E-state index contributed by atoms with van der Waals surface area (Å²) in [6.45, 7) is 7.40. The van der Waals surface area contributed by atoms with E-state index in [4.69, 9.17) is 0 Å². The Labute approximate surface area is 172 Å². The highest BCUT2D eigenvalue weighted by molar-refractivity contribution is 14.0. The lowest BCUT2D eigenvalue weighted by atomic mass is 10.2. The first-order valence-electron chi connectivity index (χ1n) is 9.07. The number of nitrogens with one attached hydrogen (secondary N) is 3. The SMILES string of the molecule is CCCNC(=O)CN=C(NCC)NCCCn1ccc2ccccc21.I. The van der Waals surface area contributed by atoms with E-state index in [1.807, 2.05) is 13.8 Å². The highest BCUT2D eigenvalue weighted by Crippen LogP contribution is 2.15. The third-order valence-corrected chi connectivity index (χ3v) is 3.85. The highest BCUT2D eigenvalue weighted by Gasteiger charge is 2.02. The molecule has 26 heavy (non-hydrogen) atoms. The lowest BCUT2D eigenvalue weighted by Gasteiger charge is -2.12. The molecule has 0 saturated carbocycles. The molecule has 0 aliphatic rings. The van der Waals surface area contributed by atoms with Gasteiger partial charge in [-0.15, -0.1) is 24.0 Å². The van der Waals surface area contributed by atoms with Gasteiger partial charge in [0.1, 0.15) is 6.54 Å². The van der Waals surface area contributed by atoms with Crippen molar-refractivity contribution in [3.8, 4) is 0 Å². The summed E-state index contributed by atoms with van der Waals surface area (Å²) in [6, 6.07) is 10.5. The summed E-state index contributed by atoms with van der Waals surface area (Å²) in [5.74, 6) is 0.643. The lowest BCUT2D eigenvalue weighted by molar-refractivity contribution is -0.119. The third kappa shape index (κ3) is 7.23. The van der Waals surface area contributed by atoms with Crippen molar-refractivity contribution in [1.82, 2.24) is 20.5 Å². The number of amides is 1. The summed E-state index contributed by atoms with van der Waals surface area (Å²) in [5, 5.41) is 10.6. The largest absolute Gasteiger partial charge is 0.357 e. The van der Waals surface area contributed by atoms with Gasteiger partial charge in [0.15, 0.2) is 5.96 Å². The van der Waals surface area contributed by atoms with Crippen molar-refractivity contribution < 1.29 is 4.79 Å². The van der Waals surface area contributed by atoms with Crippen molar-refractivity contribution >= 4 is 46.7 Å². The molecule has 0 unspecified atom stereocenters. The van der Waals surface area contributed by atoms with Gasteiger partial charge < -0.3 is 20.5 Å². The predicted molar refractivity (Wildman–Crippen MR) is 119 cm³/mol. The molecule has 0 radical (unpaired) electrons. The lowest BCUT2D eigenvalue weighted by Crippen LogP contribution is -2.39. The summed E-state index contributed by atoms with van der Waals surface area (Å²) >= 11 is 0. The van der Waals surface area contributed by atoms with Crippen LogP contribution in [0, 0.1) is 0 Å². The monoisotopic (exact) mass is 471 g/mol.